The molecule has 1 aromatic heterocycles. The highest BCUT2D eigenvalue weighted by atomic mass is 35.5. The maximum Gasteiger partial charge on any atom is 0.289 e. The number of carbonyl (C=O) groups is 1. The molecule has 0 aliphatic carbocycles. The first-order valence-electron chi connectivity index (χ1n) is 8.18. The van der Waals surface area contributed by atoms with Crippen LogP contribution in [0.5, 0.6) is 0 Å². The van der Waals surface area contributed by atoms with E-state index in [2.05, 4.69) is 13.8 Å². The fraction of sp³-hybridized carbons (Fsp3) is 0.389. The number of rotatable bonds is 3. The van der Waals surface area contributed by atoms with E-state index in [0.29, 0.717) is 23.2 Å². The van der Waals surface area contributed by atoms with Crippen LogP contribution in [-0.2, 0) is 0 Å². The summed E-state index contributed by atoms with van der Waals surface area (Å²) in [4.78, 5) is 24.8. The smallest absolute Gasteiger partial charge is 0.289 e. The standard InChI is InChI=1S/C18H19ClN2O4/c1-11-7-12(2)10-20(9-11)18(22)17-6-5-16(25-17)14-4-3-13(21(23)24)8-15(14)19/h3-6,8,11-12H,7,9-10H2,1-2H3/t11-,12+. The van der Waals surface area contributed by atoms with E-state index in [9.17, 15) is 14.9 Å². The van der Waals surface area contributed by atoms with Gasteiger partial charge in [0.25, 0.3) is 11.6 Å². The monoisotopic (exact) mass is 362 g/mol. The highest BCUT2D eigenvalue weighted by Gasteiger charge is 2.28. The van der Waals surface area contributed by atoms with Crippen molar-refractivity contribution in [2.45, 2.75) is 20.3 Å². The molecule has 132 valence electrons. The molecule has 0 spiro atoms. The molecule has 1 aromatic carbocycles. The van der Waals surface area contributed by atoms with Gasteiger partial charge in [0.2, 0.25) is 0 Å². The van der Waals surface area contributed by atoms with Crippen molar-refractivity contribution < 1.29 is 14.1 Å². The maximum absolute atomic E-state index is 12.7. The number of halogens is 1. The largest absolute Gasteiger partial charge is 0.451 e. The fourth-order valence-corrected chi connectivity index (χ4v) is 3.67. The van der Waals surface area contributed by atoms with Gasteiger partial charge < -0.3 is 9.32 Å². The molecule has 3 rings (SSSR count). The van der Waals surface area contributed by atoms with E-state index in [-0.39, 0.29) is 22.4 Å². The molecule has 0 bridgehead atoms. The summed E-state index contributed by atoms with van der Waals surface area (Å²) in [6, 6.07) is 7.45. The second-order valence-corrected chi connectivity index (χ2v) is 7.15. The van der Waals surface area contributed by atoms with Gasteiger partial charge in [-0.1, -0.05) is 25.4 Å². The van der Waals surface area contributed by atoms with E-state index in [4.69, 9.17) is 16.0 Å². The predicted molar refractivity (Wildman–Crippen MR) is 94.7 cm³/mol. The quantitative estimate of drug-likeness (QED) is 0.589. The highest BCUT2D eigenvalue weighted by molar-refractivity contribution is 6.33. The molecule has 25 heavy (non-hydrogen) atoms. The minimum atomic E-state index is -0.508. The normalized spacial score (nSPS) is 20.5. The van der Waals surface area contributed by atoms with Crippen molar-refractivity contribution in [3.63, 3.8) is 0 Å². The maximum atomic E-state index is 12.7. The first-order chi connectivity index (χ1) is 11.8. The lowest BCUT2D eigenvalue weighted by molar-refractivity contribution is -0.384. The van der Waals surface area contributed by atoms with Gasteiger partial charge in [-0.15, -0.1) is 0 Å². The van der Waals surface area contributed by atoms with Crippen LogP contribution in [-0.4, -0.2) is 28.8 Å². The molecule has 2 atom stereocenters. The predicted octanol–water partition coefficient (Wildman–Crippen LogP) is 4.63. The van der Waals surface area contributed by atoms with Crippen LogP contribution >= 0.6 is 11.6 Å². The van der Waals surface area contributed by atoms with Crippen LogP contribution in [0.1, 0.15) is 30.8 Å². The van der Waals surface area contributed by atoms with Crippen molar-refractivity contribution in [2.75, 3.05) is 13.1 Å². The molecule has 1 aliphatic heterocycles. The van der Waals surface area contributed by atoms with Crippen LogP contribution in [0, 0.1) is 22.0 Å². The number of likely N-dealkylation sites (tertiary alicyclic amines) is 1. The Kier molecular flexibility index (Phi) is 4.81. The van der Waals surface area contributed by atoms with E-state index in [0.717, 1.165) is 19.5 Å². The molecule has 6 nitrogen and oxygen atoms in total. The fourth-order valence-electron chi connectivity index (χ4n) is 3.40. The van der Waals surface area contributed by atoms with E-state index in [1.54, 1.807) is 12.1 Å². The molecule has 0 unspecified atom stereocenters. The van der Waals surface area contributed by atoms with Crippen LogP contribution in [0.3, 0.4) is 0 Å². The summed E-state index contributed by atoms with van der Waals surface area (Å²) >= 11 is 6.12. The lowest BCUT2D eigenvalue weighted by Crippen LogP contribution is -2.42. The number of nitrogens with zero attached hydrogens (tertiary/aromatic N) is 2. The molecular formula is C18H19ClN2O4. The van der Waals surface area contributed by atoms with Gasteiger partial charge in [-0.3, -0.25) is 14.9 Å². The Bertz CT molecular complexity index is 807. The minimum absolute atomic E-state index is 0.0899. The van der Waals surface area contributed by atoms with Crippen LogP contribution in [0.2, 0.25) is 5.02 Å². The number of non-ortho nitro benzene ring substituents is 1. The van der Waals surface area contributed by atoms with Crippen molar-refractivity contribution in [2.24, 2.45) is 11.8 Å². The number of hydrogen-bond acceptors (Lipinski definition) is 4. The summed E-state index contributed by atoms with van der Waals surface area (Å²) < 4.78 is 5.69. The number of nitro groups is 1. The molecule has 1 saturated heterocycles. The van der Waals surface area contributed by atoms with Gasteiger partial charge in [-0.25, -0.2) is 0 Å². The zero-order chi connectivity index (χ0) is 18.1. The number of piperidine rings is 1. The minimum Gasteiger partial charge on any atom is -0.451 e. The van der Waals surface area contributed by atoms with Crippen molar-refractivity contribution in [3.05, 3.63) is 51.2 Å². The Hall–Kier alpha value is -2.34. The molecule has 1 amide bonds. The Morgan fingerprint density at radius 2 is 1.92 bits per heavy atom. The lowest BCUT2D eigenvalue weighted by atomic mass is 9.92. The van der Waals surface area contributed by atoms with E-state index in [1.807, 2.05) is 4.90 Å². The van der Waals surface area contributed by atoms with Gasteiger partial charge in [-0.05, 0) is 36.5 Å². The average Bonchev–Trinajstić information content (AvgIpc) is 3.02. The summed E-state index contributed by atoms with van der Waals surface area (Å²) in [6.07, 6.45) is 1.12. The van der Waals surface area contributed by atoms with Gasteiger partial charge >= 0.3 is 0 Å². The van der Waals surface area contributed by atoms with Crippen LogP contribution in [0.25, 0.3) is 11.3 Å². The van der Waals surface area contributed by atoms with Gasteiger partial charge in [0.15, 0.2) is 5.76 Å². The molecule has 0 saturated carbocycles. The molecule has 1 fully saturated rings. The third-order valence-corrected chi connectivity index (χ3v) is 4.71. The molecule has 2 aromatic rings. The van der Waals surface area contributed by atoms with Gasteiger partial charge in [0, 0.05) is 30.8 Å². The topological polar surface area (TPSA) is 76.6 Å². The van der Waals surface area contributed by atoms with Crippen molar-refractivity contribution in [1.29, 1.82) is 0 Å². The second kappa shape index (κ2) is 6.88. The Morgan fingerprint density at radius 1 is 1.24 bits per heavy atom. The third kappa shape index (κ3) is 3.69. The van der Waals surface area contributed by atoms with Crippen molar-refractivity contribution in [3.8, 4) is 11.3 Å². The molecule has 0 N–H and O–H groups in total. The van der Waals surface area contributed by atoms with E-state index in [1.165, 1.54) is 18.2 Å². The average molecular weight is 363 g/mol. The third-order valence-electron chi connectivity index (χ3n) is 4.40. The number of nitro benzene ring substituents is 1. The SMILES string of the molecule is C[C@@H]1C[C@H](C)CN(C(=O)c2ccc(-c3ccc([N+](=O)[O-])cc3Cl)o2)C1. The number of amides is 1. The summed E-state index contributed by atoms with van der Waals surface area (Å²) in [5, 5.41) is 11.0. The van der Waals surface area contributed by atoms with Gasteiger partial charge in [0.05, 0.1) is 9.95 Å². The van der Waals surface area contributed by atoms with Crippen molar-refractivity contribution in [1.82, 2.24) is 4.90 Å². The molecular weight excluding hydrogens is 344 g/mol. The number of hydrogen-bond donors (Lipinski definition) is 0. The zero-order valence-corrected chi connectivity index (χ0v) is 14.8. The molecule has 1 aliphatic rings. The number of furan rings is 1. The second-order valence-electron chi connectivity index (χ2n) is 6.74. The Morgan fingerprint density at radius 3 is 2.52 bits per heavy atom. The zero-order valence-electron chi connectivity index (χ0n) is 14.1. The Labute approximate surface area is 150 Å². The summed E-state index contributed by atoms with van der Waals surface area (Å²) in [5.74, 6) is 1.47. The first-order valence-corrected chi connectivity index (χ1v) is 8.56. The van der Waals surface area contributed by atoms with Gasteiger partial charge in [0.1, 0.15) is 5.76 Å². The van der Waals surface area contributed by atoms with E-state index < -0.39 is 4.92 Å². The molecule has 0 radical (unpaired) electrons. The van der Waals surface area contributed by atoms with Gasteiger partial charge in [-0.2, -0.15) is 0 Å². The first kappa shape index (κ1) is 17.5. The van der Waals surface area contributed by atoms with Crippen LogP contribution in [0.15, 0.2) is 34.7 Å². The highest BCUT2D eigenvalue weighted by Crippen LogP contribution is 2.33. The summed E-state index contributed by atoms with van der Waals surface area (Å²) in [6.45, 7) is 5.72. The van der Waals surface area contributed by atoms with Crippen molar-refractivity contribution >= 4 is 23.2 Å². The van der Waals surface area contributed by atoms with Crippen LogP contribution < -0.4 is 0 Å². The Balaban J connectivity index is 1.83. The van der Waals surface area contributed by atoms with Crippen LogP contribution in [0.4, 0.5) is 5.69 Å². The molecule has 2 heterocycles. The van der Waals surface area contributed by atoms with E-state index >= 15 is 0 Å². The summed E-state index contributed by atoms with van der Waals surface area (Å²) in [7, 11) is 0. The lowest BCUT2D eigenvalue weighted by Gasteiger charge is -2.34. The molecule has 7 heteroatoms. The number of carbonyl (C=O) groups excluding carboxylic acids is 1. The summed E-state index contributed by atoms with van der Waals surface area (Å²) in [5.41, 5.74) is 0.430. The number of benzene rings is 1.